The smallest absolute Gasteiger partial charge is 0.378 e. The summed E-state index contributed by atoms with van der Waals surface area (Å²) in [5, 5.41) is 0.420. The zero-order chi connectivity index (χ0) is 14.0. The molecular formula is C12H12BrClF3NO. The molecule has 0 aliphatic carbocycles. The number of ether oxygens (including phenoxy) is 1. The van der Waals surface area contributed by atoms with Crippen molar-refractivity contribution in [2.75, 3.05) is 31.2 Å². The van der Waals surface area contributed by atoms with E-state index in [4.69, 9.17) is 16.3 Å². The van der Waals surface area contributed by atoms with Crippen LogP contribution in [0, 0.1) is 0 Å². The van der Waals surface area contributed by atoms with Gasteiger partial charge in [0.05, 0.1) is 24.5 Å². The highest BCUT2D eigenvalue weighted by atomic mass is 79.9. The van der Waals surface area contributed by atoms with E-state index in [2.05, 4.69) is 15.9 Å². The molecule has 0 N–H and O–H groups in total. The van der Waals surface area contributed by atoms with Gasteiger partial charge in [0, 0.05) is 23.4 Å². The molecule has 0 amide bonds. The van der Waals surface area contributed by atoms with E-state index >= 15 is 0 Å². The van der Waals surface area contributed by atoms with E-state index in [1.165, 1.54) is 12.1 Å². The molecule has 0 saturated carbocycles. The fourth-order valence-corrected chi connectivity index (χ4v) is 2.81. The first-order chi connectivity index (χ1) is 8.93. The Morgan fingerprint density at radius 2 is 1.89 bits per heavy atom. The standard InChI is InChI=1S/C12H12BrClF3NO/c13-7-8-5-9(14)6-10(11(8)12(15,16)17)18-1-3-19-4-2-18/h5-6H,1-4,7H2. The van der Waals surface area contributed by atoms with Gasteiger partial charge in [0.1, 0.15) is 0 Å². The van der Waals surface area contributed by atoms with Gasteiger partial charge in [-0.15, -0.1) is 0 Å². The molecule has 1 aliphatic heterocycles. The van der Waals surface area contributed by atoms with Gasteiger partial charge >= 0.3 is 6.18 Å². The molecule has 1 fully saturated rings. The minimum absolute atomic E-state index is 0.111. The summed E-state index contributed by atoms with van der Waals surface area (Å²) in [5.41, 5.74) is -0.324. The molecule has 0 bridgehead atoms. The van der Waals surface area contributed by atoms with E-state index in [0.717, 1.165) is 0 Å². The van der Waals surface area contributed by atoms with Crippen molar-refractivity contribution in [1.29, 1.82) is 0 Å². The average molecular weight is 359 g/mol. The fraction of sp³-hybridized carbons (Fsp3) is 0.500. The zero-order valence-electron chi connectivity index (χ0n) is 9.94. The van der Waals surface area contributed by atoms with E-state index in [0.29, 0.717) is 31.3 Å². The van der Waals surface area contributed by atoms with E-state index in [9.17, 15) is 13.2 Å². The summed E-state index contributed by atoms with van der Waals surface area (Å²) in [6.45, 7) is 1.72. The Bertz CT molecular complexity index is 461. The Balaban J connectivity index is 2.53. The number of morpholine rings is 1. The quantitative estimate of drug-likeness (QED) is 0.738. The lowest BCUT2D eigenvalue weighted by Gasteiger charge is -2.32. The van der Waals surface area contributed by atoms with Crippen LogP contribution in [0.5, 0.6) is 0 Å². The third-order valence-corrected chi connectivity index (χ3v) is 3.77. The Labute approximate surface area is 122 Å². The third-order valence-electron chi connectivity index (χ3n) is 2.94. The molecule has 1 heterocycles. The number of hydrogen-bond donors (Lipinski definition) is 0. The van der Waals surface area contributed by atoms with Gasteiger partial charge in [0.15, 0.2) is 0 Å². The Morgan fingerprint density at radius 1 is 1.26 bits per heavy atom. The molecule has 0 spiro atoms. The summed E-state index contributed by atoms with van der Waals surface area (Å²) >= 11 is 9.02. The highest BCUT2D eigenvalue weighted by Gasteiger charge is 2.38. The van der Waals surface area contributed by atoms with Gasteiger partial charge < -0.3 is 9.64 Å². The van der Waals surface area contributed by atoms with E-state index in [-0.39, 0.29) is 16.6 Å². The van der Waals surface area contributed by atoms with Crippen LogP contribution >= 0.6 is 27.5 Å². The largest absolute Gasteiger partial charge is 0.418 e. The Morgan fingerprint density at radius 3 is 2.42 bits per heavy atom. The Hall–Kier alpha value is -0.460. The number of anilines is 1. The minimum atomic E-state index is -4.40. The number of rotatable bonds is 2. The molecule has 0 atom stereocenters. The van der Waals surface area contributed by atoms with Gasteiger partial charge in [-0.1, -0.05) is 27.5 Å². The maximum Gasteiger partial charge on any atom is 0.418 e. The van der Waals surface area contributed by atoms with Crippen LogP contribution in [0.4, 0.5) is 18.9 Å². The van der Waals surface area contributed by atoms with Crippen molar-refractivity contribution in [3.63, 3.8) is 0 Å². The lowest BCUT2D eigenvalue weighted by atomic mass is 10.0. The van der Waals surface area contributed by atoms with Crippen molar-refractivity contribution in [3.05, 3.63) is 28.3 Å². The fourth-order valence-electron chi connectivity index (χ4n) is 2.13. The van der Waals surface area contributed by atoms with Crippen molar-refractivity contribution in [1.82, 2.24) is 0 Å². The first-order valence-electron chi connectivity index (χ1n) is 5.71. The second-order valence-corrected chi connectivity index (χ2v) is 5.19. The van der Waals surface area contributed by atoms with Crippen molar-refractivity contribution < 1.29 is 17.9 Å². The second kappa shape index (κ2) is 5.89. The predicted molar refractivity (Wildman–Crippen MR) is 72.1 cm³/mol. The van der Waals surface area contributed by atoms with E-state index < -0.39 is 11.7 Å². The van der Waals surface area contributed by atoms with Gasteiger partial charge in [-0.2, -0.15) is 13.2 Å². The highest BCUT2D eigenvalue weighted by molar-refractivity contribution is 9.08. The second-order valence-electron chi connectivity index (χ2n) is 4.19. The highest BCUT2D eigenvalue weighted by Crippen LogP contribution is 2.41. The first kappa shape index (κ1) is 14.9. The molecule has 0 aromatic heterocycles. The Kier molecular flexibility index (Phi) is 4.63. The van der Waals surface area contributed by atoms with Gasteiger partial charge in [-0.25, -0.2) is 0 Å². The van der Waals surface area contributed by atoms with Crippen LogP contribution < -0.4 is 4.90 Å². The summed E-state index contributed by atoms with van der Waals surface area (Å²) < 4.78 is 45.0. The first-order valence-corrected chi connectivity index (χ1v) is 7.21. The maximum absolute atomic E-state index is 13.3. The van der Waals surface area contributed by atoms with Crippen molar-refractivity contribution in [2.24, 2.45) is 0 Å². The number of benzene rings is 1. The van der Waals surface area contributed by atoms with Gasteiger partial charge in [-0.3, -0.25) is 0 Å². The molecule has 1 aliphatic rings. The number of hydrogen-bond acceptors (Lipinski definition) is 2. The minimum Gasteiger partial charge on any atom is -0.378 e. The zero-order valence-corrected chi connectivity index (χ0v) is 12.3. The third kappa shape index (κ3) is 3.35. The van der Waals surface area contributed by atoms with Crippen molar-refractivity contribution in [2.45, 2.75) is 11.5 Å². The van der Waals surface area contributed by atoms with Crippen LogP contribution in [0.3, 0.4) is 0 Å². The normalized spacial score (nSPS) is 16.8. The molecule has 0 radical (unpaired) electrons. The average Bonchev–Trinajstić information content (AvgIpc) is 2.37. The summed E-state index contributed by atoms with van der Waals surface area (Å²) in [7, 11) is 0. The van der Waals surface area contributed by atoms with Crippen molar-refractivity contribution in [3.8, 4) is 0 Å². The van der Waals surface area contributed by atoms with Crippen LogP contribution in [0.1, 0.15) is 11.1 Å². The molecule has 0 unspecified atom stereocenters. The molecule has 2 nitrogen and oxygen atoms in total. The number of alkyl halides is 4. The van der Waals surface area contributed by atoms with Crippen molar-refractivity contribution >= 4 is 33.2 Å². The SMILES string of the molecule is FC(F)(F)c1c(CBr)cc(Cl)cc1N1CCOCC1. The van der Waals surface area contributed by atoms with Crippen LogP contribution in [0.25, 0.3) is 0 Å². The van der Waals surface area contributed by atoms with Crippen LogP contribution in [-0.2, 0) is 16.2 Å². The van der Waals surface area contributed by atoms with Gasteiger partial charge in [0.25, 0.3) is 0 Å². The summed E-state index contributed by atoms with van der Waals surface area (Å²) in [6.07, 6.45) is -4.40. The van der Waals surface area contributed by atoms with Crippen LogP contribution in [-0.4, -0.2) is 26.3 Å². The maximum atomic E-state index is 13.3. The number of halogens is 5. The van der Waals surface area contributed by atoms with Crippen LogP contribution in [0.15, 0.2) is 12.1 Å². The molecule has 1 aromatic carbocycles. The molecule has 2 rings (SSSR count). The van der Waals surface area contributed by atoms with Gasteiger partial charge in [-0.05, 0) is 17.7 Å². The lowest BCUT2D eigenvalue weighted by Crippen LogP contribution is -2.37. The van der Waals surface area contributed by atoms with Gasteiger partial charge in [0.2, 0.25) is 0 Å². The topological polar surface area (TPSA) is 12.5 Å². The number of nitrogens with zero attached hydrogens (tertiary/aromatic N) is 1. The van der Waals surface area contributed by atoms with E-state index in [1.807, 2.05) is 0 Å². The molecule has 1 saturated heterocycles. The predicted octanol–water partition coefficient (Wildman–Crippen LogP) is 4.09. The molecule has 7 heteroatoms. The molecule has 106 valence electrons. The summed E-state index contributed by atoms with van der Waals surface area (Å²) in [5.74, 6) is 0. The summed E-state index contributed by atoms with van der Waals surface area (Å²) in [4.78, 5) is 1.67. The molecular weight excluding hydrogens is 346 g/mol. The molecule has 19 heavy (non-hydrogen) atoms. The van der Waals surface area contributed by atoms with E-state index in [1.54, 1.807) is 4.90 Å². The van der Waals surface area contributed by atoms with Crippen LogP contribution in [0.2, 0.25) is 5.02 Å². The molecule has 1 aromatic rings. The summed E-state index contributed by atoms with van der Waals surface area (Å²) in [6, 6.07) is 2.73. The lowest BCUT2D eigenvalue weighted by molar-refractivity contribution is -0.137. The monoisotopic (exact) mass is 357 g/mol.